The van der Waals surface area contributed by atoms with Crippen LogP contribution in [0.4, 0.5) is 10.1 Å². The van der Waals surface area contributed by atoms with Crippen LogP contribution in [0.5, 0.6) is 0 Å². The molecular formula is C23H26Cl2FN3O2. The highest BCUT2D eigenvalue weighted by Crippen LogP contribution is 2.22. The van der Waals surface area contributed by atoms with Crippen LogP contribution in [0.3, 0.4) is 0 Å². The molecule has 1 saturated heterocycles. The fourth-order valence-electron chi connectivity index (χ4n) is 3.66. The maximum atomic E-state index is 13.2. The van der Waals surface area contributed by atoms with E-state index in [0.29, 0.717) is 37.6 Å². The van der Waals surface area contributed by atoms with E-state index in [1.165, 1.54) is 18.2 Å². The van der Waals surface area contributed by atoms with Gasteiger partial charge in [0.15, 0.2) is 0 Å². The second kappa shape index (κ2) is 10.3. The first-order valence-corrected chi connectivity index (χ1v) is 11.1. The molecule has 2 aromatic rings. The summed E-state index contributed by atoms with van der Waals surface area (Å²) in [6.07, 6.45) is 0.522. The standard InChI is InChI=1S/C23H26Cl2FN3O2/c1-15(2)13-21(27-22(30)19-8-3-16(24)14-20(19)25)23(31)29-11-9-28(10-12-29)18-6-4-17(26)5-7-18/h3-8,14-15,21H,9-13H2,1-2H3,(H,27,30). The van der Waals surface area contributed by atoms with E-state index >= 15 is 0 Å². The van der Waals surface area contributed by atoms with Gasteiger partial charge in [-0.25, -0.2) is 4.39 Å². The summed E-state index contributed by atoms with van der Waals surface area (Å²) in [4.78, 5) is 29.9. The second-order valence-electron chi connectivity index (χ2n) is 8.07. The first-order valence-electron chi connectivity index (χ1n) is 10.3. The predicted molar refractivity (Wildman–Crippen MR) is 122 cm³/mol. The molecule has 2 aromatic carbocycles. The molecule has 1 aliphatic rings. The number of anilines is 1. The molecule has 8 heteroatoms. The van der Waals surface area contributed by atoms with Gasteiger partial charge in [-0.2, -0.15) is 0 Å². The maximum Gasteiger partial charge on any atom is 0.253 e. The third kappa shape index (κ3) is 6.11. The van der Waals surface area contributed by atoms with E-state index in [4.69, 9.17) is 23.2 Å². The summed E-state index contributed by atoms with van der Waals surface area (Å²) >= 11 is 12.1. The highest BCUT2D eigenvalue weighted by molar-refractivity contribution is 6.36. The molecule has 1 aliphatic heterocycles. The van der Waals surface area contributed by atoms with Gasteiger partial charge in [-0.05, 0) is 54.8 Å². The van der Waals surface area contributed by atoms with E-state index in [-0.39, 0.29) is 28.2 Å². The largest absolute Gasteiger partial charge is 0.368 e. The highest BCUT2D eigenvalue weighted by atomic mass is 35.5. The van der Waals surface area contributed by atoms with E-state index in [0.717, 1.165) is 5.69 Å². The summed E-state index contributed by atoms with van der Waals surface area (Å²) in [5.41, 5.74) is 1.21. The summed E-state index contributed by atoms with van der Waals surface area (Å²) in [7, 11) is 0. The van der Waals surface area contributed by atoms with Gasteiger partial charge in [0.1, 0.15) is 11.9 Å². The Morgan fingerprint density at radius 1 is 1.03 bits per heavy atom. The van der Waals surface area contributed by atoms with Crippen LogP contribution in [-0.2, 0) is 4.79 Å². The molecule has 1 N–H and O–H groups in total. The van der Waals surface area contributed by atoms with Gasteiger partial charge >= 0.3 is 0 Å². The van der Waals surface area contributed by atoms with E-state index in [1.54, 1.807) is 29.2 Å². The Kier molecular flexibility index (Phi) is 7.79. The van der Waals surface area contributed by atoms with Gasteiger partial charge in [-0.1, -0.05) is 37.0 Å². The smallest absolute Gasteiger partial charge is 0.253 e. The lowest BCUT2D eigenvalue weighted by molar-refractivity contribution is -0.134. The molecular weight excluding hydrogens is 440 g/mol. The van der Waals surface area contributed by atoms with Crippen molar-refractivity contribution < 1.29 is 14.0 Å². The summed E-state index contributed by atoms with van der Waals surface area (Å²) in [5, 5.41) is 3.54. The van der Waals surface area contributed by atoms with Crippen molar-refractivity contribution in [1.82, 2.24) is 10.2 Å². The number of nitrogens with one attached hydrogen (secondary N) is 1. The summed E-state index contributed by atoms with van der Waals surface area (Å²) in [6, 6.07) is 10.4. The zero-order valence-electron chi connectivity index (χ0n) is 17.6. The molecule has 31 heavy (non-hydrogen) atoms. The minimum absolute atomic E-state index is 0.106. The first-order chi connectivity index (χ1) is 14.7. The monoisotopic (exact) mass is 465 g/mol. The molecule has 2 amide bonds. The van der Waals surface area contributed by atoms with Gasteiger partial charge in [-0.3, -0.25) is 9.59 Å². The Hall–Kier alpha value is -2.31. The van der Waals surface area contributed by atoms with Crippen molar-refractivity contribution in [1.29, 1.82) is 0 Å². The second-order valence-corrected chi connectivity index (χ2v) is 8.91. The van der Waals surface area contributed by atoms with Crippen LogP contribution >= 0.6 is 23.2 Å². The van der Waals surface area contributed by atoms with Crippen molar-refractivity contribution in [2.24, 2.45) is 5.92 Å². The Balaban J connectivity index is 1.66. The van der Waals surface area contributed by atoms with Crippen LogP contribution < -0.4 is 10.2 Å². The van der Waals surface area contributed by atoms with Crippen molar-refractivity contribution in [2.45, 2.75) is 26.3 Å². The van der Waals surface area contributed by atoms with Gasteiger partial charge in [0, 0.05) is 36.9 Å². The number of carbonyl (C=O) groups excluding carboxylic acids is 2. The van der Waals surface area contributed by atoms with Crippen LogP contribution in [0.15, 0.2) is 42.5 Å². The number of rotatable bonds is 6. The molecule has 1 fully saturated rings. The van der Waals surface area contributed by atoms with Crippen LogP contribution in [0.25, 0.3) is 0 Å². The van der Waals surface area contributed by atoms with Gasteiger partial charge in [0.25, 0.3) is 5.91 Å². The number of benzene rings is 2. The van der Waals surface area contributed by atoms with E-state index < -0.39 is 11.9 Å². The SMILES string of the molecule is CC(C)CC(NC(=O)c1ccc(Cl)cc1Cl)C(=O)N1CCN(c2ccc(F)cc2)CC1. The van der Waals surface area contributed by atoms with Gasteiger partial charge in [-0.15, -0.1) is 0 Å². The van der Waals surface area contributed by atoms with Crippen molar-refractivity contribution in [3.8, 4) is 0 Å². The minimum Gasteiger partial charge on any atom is -0.368 e. The summed E-state index contributed by atoms with van der Waals surface area (Å²) in [6.45, 7) is 6.36. The van der Waals surface area contributed by atoms with Crippen LogP contribution in [0, 0.1) is 11.7 Å². The lowest BCUT2D eigenvalue weighted by Gasteiger charge is -2.38. The highest BCUT2D eigenvalue weighted by Gasteiger charge is 2.30. The lowest BCUT2D eigenvalue weighted by atomic mass is 10.0. The maximum absolute atomic E-state index is 13.2. The molecule has 0 aliphatic carbocycles. The topological polar surface area (TPSA) is 52.7 Å². The third-order valence-corrected chi connectivity index (χ3v) is 5.82. The Morgan fingerprint density at radius 3 is 2.26 bits per heavy atom. The van der Waals surface area contributed by atoms with Crippen molar-refractivity contribution in [2.75, 3.05) is 31.1 Å². The Bertz CT molecular complexity index is 929. The number of hydrogen-bond acceptors (Lipinski definition) is 3. The van der Waals surface area contributed by atoms with Gasteiger partial charge in [0.2, 0.25) is 5.91 Å². The van der Waals surface area contributed by atoms with E-state index in [2.05, 4.69) is 10.2 Å². The molecule has 0 aromatic heterocycles. The third-order valence-electron chi connectivity index (χ3n) is 5.27. The molecule has 0 radical (unpaired) electrons. The number of nitrogens with zero attached hydrogens (tertiary/aromatic N) is 2. The zero-order chi connectivity index (χ0) is 22.5. The normalized spacial score (nSPS) is 15.2. The summed E-state index contributed by atoms with van der Waals surface area (Å²) < 4.78 is 13.2. The predicted octanol–water partition coefficient (Wildman–Crippen LogP) is 4.63. The van der Waals surface area contributed by atoms with Crippen LogP contribution in [0.1, 0.15) is 30.6 Å². The van der Waals surface area contributed by atoms with Crippen LogP contribution in [0.2, 0.25) is 10.0 Å². The first kappa shape index (κ1) is 23.4. The number of piperazine rings is 1. The minimum atomic E-state index is -0.642. The molecule has 0 saturated carbocycles. The van der Waals surface area contributed by atoms with Crippen LogP contribution in [-0.4, -0.2) is 48.9 Å². The zero-order valence-corrected chi connectivity index (χ0v) is 19.1. The van der Waals surface area contributed by atoms with Gasteiger partial charge < -0.3 is 15.1 Å². The number of amides is 2. The molecule has 0 bridgehead atoms. The molecule has 3 rings (SSSR count). The molecule has 1 heterocycles. The molecule has 1 unspecified atom stereocenters. The molecule has 0 spiro atoms. The fraction of sp³-hybridized carbons (Fsp3) is 0.391. The van der Waals surface area contributed by atoms with E-state index in [1.807, 2.05) is 13.8 Å². The average Bonchev–Trinajstić information content (AvgIpc) is 2.73. The quantitative estimate of drug-likeness (QED) is 0.676. The Morgan fingerprint density at radius 2 is 1.68 bits per heavy atom. The molecule has 166 valence electrons. The lowest BCUT2D eigenvalue weighted by Crippen LogP contribution is -2.55. The average molecular weight is 466 g/mol. The molecule has 5 nitrogen and oxygen atoms in total. The molecule has 1 atom stereocenters. The Labute approximate surface area is 192 Å². The van der Waals surface area contributed by atoms with Gasteiger partial charge in [0.05, 0.1) is 10.6 Å². The van der Waals surface area contributed by atoms with E-state index in [9.17, 15) is 14.0 Å². The van der Waals surface area contributed by atoms with Crippen molar-refractivity contribution in [3.63, 3.8) is 0 Å². The number of halogens is 3. The summed E-state index contributed by atoms with van der Waals surface area (Å²) in [5.74, 6) is -0.558. The fourth-order valence-corrected chi connectivity index (χ4v) is 4.15. The number of hydrogen-bond donors (Lipinski definition) is 1. The number of carbonyl (C=O) groups is 2. The van der Waals surface area contributed by atoms with Crippen molar-refractivity contribution in [3.05, 3.63) is 63.9 Å². The van der Waals surface area contributed by atoms with Crippen molar-refractivity contribution >= 4 is 40.7 Å².